The Morgan fingerprint density at radius 1 is 1.22 bits per heavy atom. The number of benzene rings is 1. The zero-order valence-corrected chi connectivity index (χ0v) is 21.0. The smallest absolute Gasteiger partial charge is 0.270 e. The predicted molar refractivity (Wildman–Crippen MR) is 124 cm³/mol. The normalized spacial score (nSPS) is 15.6. The molecule has 0 spiro atoms. The molecule has 1 aliphatic rings. The lowest BCUT2D eigenvalue weighted by molar-refractivity contribution is -0.385. The number of hydrogen-bond donors (Lipinski definition) is 0. The molecular weight excluding hydrogens is 530 g/mol. The number of hydrogen-bond acceptors (Lipinski definition) is 10. The molecule has 11 nitrogen and oxygen atoms in total. The van der Waals surface area contributed by atoms with E-state index in [1.54, 1.807) is 4.90 Å². The summed E-state index contributed by atoms with van der Waals surface area (Å²) in [5.41, 5.74) is -0.0507. The molecule has 1 aromatic rings. The first kappa shape index (κ1) is 26.9. The topological polar surface area (TPSA) is 136 Å². The molecule has 2 rings (SSSR count). The summed E-state index contributed by atoms with van der Waals surface area (Å²) in [5.74, 6) is -0.166. The van der Waals surface area contributed by atoms with Gasteiger partial charge in [-0.05, 0) is 19.0 Å². The molecular formula is C18H28BrN3O8S2. The van der Waals surface area contributed by atoms with Crippen LogP contribution < -0.4 is 4.90 Å². The molecule has 182 valence electrons. The third kappa shape index (κ3) is 8.56. The Bertz CT molecular complexity index is 982. The summed E-state index contributed by atoms with van der Waals surface area (Å²) in [6, 6.07) is 3.69. The minimum absolute atomic E-state index is 0.0901. The van der Waals surface area contributed by atoms with Crippen LogP contribution >= 0.6 is 15.9 Å². The highest BCUT2D eigenvalue weighted by atomic mass is 79.9. The Labute approximate surface area is 197 Å². The summed E-state index contributed by atoms with van der Waals surface area (Å²) >= 11 is 3.30. The van der Waals surface area contributed by atoms with Gasteiger partial charge in [0.25, 0.3) is 15.8 Å². The molecule has 0 N–H and O–H groups in total. The van der Waals surface area contributed by atoms with Gasteiger partial charge in [0.1, 0.15) is 0 Å². The highest BCUT2D eigenvalue weighted by molar-refractivity contribution is 9.09. The highest BCUT2D eigenvalue weighted by Crippen LogP contribution is 2.31. The molecule has 0 radical (unpaired) electrons. The van der Waals surface area contributed by atoms with Crippen LogP contribution in [0, 0.1) is 10.1 Å². The molecule has 0 aliphatic carbocycles. The molecule has 14 heteroatoms. The first-order chi connectivity index (χ1) is 15.0. The Hall–Kier alpha value is -1.32. The van der Waals surface area contributed by atoms with Gasteiger partial charge in [0.05, 0.1) is 47.3 Å². The fourth-order valence-corrected chi connectivity index (χ4v) is 5.64. The summed E-state index contributed by atoms with van der Waals surface area (Å²) in [7, 11) is -7.50. The van der Waals surface area contributed by atoms with Crippen molar-refractivity contribution < 1.29 is 30.7 Å². The lowest BCUT2D eigenvalue weighted by Crippen LogP contribution is -2.37. The fraction of sp³-hybridized carbons (Fsp3) is 0.667. The zero-order valence-electron chi connectivity index (χ0n) is 17.8. The monoisotopic (exact) mass is 557 g/mol. The van der Waals surface area contributed by atoms with E-state index in [2.05, 4.69) is 20.8 Å². The third-order valence-corrected chi connectivity index (χ3v) is 7.61. The van der Waals surface area contributed by atoms with Gasteiger partial charge >= 0.3 is 0 Å². The Kier molecular flexibility index (Phi) is 10.3. The fourth-order valence-electron chi connectivity index (χ4n) is 3.29. The van der Waals surface area contributed by atoms with Crippen LogP contribution in [0.25, 0.3) is 0 Å². The standard InChI is InChI=1S/C18H28BrN3O8S2/c1-31(25,26)30-13-10-21(7-5-19)17-4-3-16(22(23)24)15-18(17)32(27,28)14-2-6-20-8-11-29-12-9-20/h3-4,15H,2,5-14H2,1H3. The molecule has 1 fully saturated rings. The molecule has 0 saturated carbocycles. The Balaban J connectivity index is 2.26. The van der Waals surface area contributed by atoms with E-state index in [1.165, 1.54) is 12.1 Å². The van der Waals surface area contributed by atoms with Crippen LogP contribution in [-0.4, -0.2) is 96.5 Å². The van der Waals surface area contributed by atoms with E-state index in [0.29, 0.717) is 38.1 Å². The van der Waals surface area contributed by atoms with Crippen molar-refractivity contribution in [3.63, 3.8) is 0 Å². The second-order valence-corrected chi connectivity index (χ2v) is 11.8. The molecule has 0 amide bonds. The van der Waals surface area contributed by atoms with Crippen LogP contribution in [0.2, 0.25) is 0 Å². The van der Waals surface area contributed by atoms with Crippen molar-refractivity contribution in [3.8, 4) is 0 Å². The van der Waals surface area contributed by atoms with Gasteiger partial charge in [0.2, 0.25) is 0 Å². The van der Waals surface area contributed by atoms with Crippen molar-refractivity contribution in [1.82, 2.24) is 4.90 Å². The van der Waals surface area contributed by atoms with Crippen molar-refractivity contribution in [2.75, 3.05) is 74.8 Å². The maximum atomic E-state index is 13.2. The number of ether oxygens (including phenoxy) is 1. The number of nitro groups is 1. The maximum absolute atomic E-state index is 13.2. The van der Waals surface area contributed by atoms with E-state index < -0.39 is 24.9 Å². The number of alkyl halides is 1. The number of morpholine rings is 1. The van der Waals surface area contributed by atoms with Crippen LogP contribution in [0.4, 0.5) is 11.4 Å². The van der Waals surface area contributed by atoms with E-state index in [1.807, 2.05) is 0 Å². The molecule has 0 atom stereocenters. The summed E-state index contributed by atoms with van der Waals surface area (Å²) < 4.78 is 59.0. The van der Waals surface area contributed by atoms with Gasteiger partial charge in [0, 0.05) is 43.6 Å². The quantitative estimate of drug-likeness (QED) is 0.151. The number of nitrogens with zero attached hydrogens (tertiary/aromatic N) is 3. The number of nitro benzene ring substituents is 1. The van der Waals surface area contributed by atoms with Gasteiger partial charge in [-0.15, -0.1) is 0 Å². The van der Waals surface area contributed by atoms with Crippen molar-refractivity contribution in [2.45, 2.75) is 11.3 Å². The first-order valence-corrected chi connectivity index (χ1v) is 14.6. The van der Waals surface area contributed by atoms with Gasteiger partial charge in [-0.2, -0.15) is 8.42 Å². The van der Waals surface area contributed by atoms with Crippen molar-refractivity contribution in [3.05, 3.63) is 28.3 Å². The number of rotatable bonds is 13. The molecule has 0 unspecified atom stereocenters. The second-order valence-electron chi connectivity index (χ2n) is 7.24. The predicted octanol–water partition coefficient (Wildman–Crippen LogP) is 1.27. The van der Waals surface area contributed by atoms with E-state index >= 15 is 0 Å². The van der Waals surface area contributed by atoms with Crippen LogP contribution in [-0.2, 0) is 28.9 Å². The van der Waals surface area contributed by atoms with Crippen molar-refractivity contribution in [2.24, 2.45) is 0 Å². The van der Waals surface area contributed by atoms with E-state index in [-0.39, 0.29) is 35.2 Å². The molecule has 1 aliphatic heterocycles. The minimum Gasteiger partial charge on any atom is -0.379 e. The van der Waals surface area contributed by atoms with Gasteiger partial charge in [0.15, 0.2) is 9.84 Å². The van der Waals surface area contributed by atoms with Crippen LogP contribution in [0.15, 0.2) is 23.1 Å². The van der Waals surface area contributed by atoms with E-state index in [9.17, 15) is 26.9 Å². The second kappa shape index (κ2) is 12.2. The number of sulfone groups is 1. The van der Waals surface area contributed by atoms with Crippen LogP contribution in [0.3, 0.4) is 0 Å². The zero-order chi connectivity index (χ0) is 23.8. The maximum Gasteiger partial charge on any atom is 0.270 e. The van der Waals surface area contributed by atoms with Gasteiger partial charge in [-0.25, -0.2) is 8.42 Å². The minimum atomic E-state index is -3.84. The lowest BCUT2D eigenvalue weighted by atomic mass is 10.2. The summed E-state index contributed by atoms with van der Waals surface area (Å²) in [6.45, 7) is 3.54. The van der Waals surface area contributed by atoms with Crippen LogP contribution in [0.5, 0.6) is 0 Å². The third-order valence-electron chi connectivity index (χ3n) is 4.83. The Morgan fingerprint density at radius 2 is 1.91 bits per heavy atom. The van der Waals surface area contributed by atoms with Gasteiger partial charge in [-0.3, -0.25) is 19.2 Å². The molecule has 0 aromatic heterocycles. The van der Waals surface area contributed by atoms with Crippen molar-refractivity contribution in [1.29, 1.82) is 0 Å². The van der Waals surface area contributed by atoms with Crippen LogP contribution in [0.1, 0.15) is 6.42 Å². The molecule has 1 saturated heterocycles. The van der Waals surface area contributed by atoms with Gasteiger partial charge < -0.3 is 9.64 Å². The molecule has 0 bridgehead atoms. The Morgan fingerprint density at radius 3 is 2.50 bits per heavy atom. The lowest BCUT2D eigenvalue weighted by Gasteiger charge is -2.27. The summed E-state index contributed by atoms with van der Waals surface area (Å²) in [6.07, 6.45) is 1.30. The largest absolute Gasteiger partial charge is 0.379 e. The van der Waals surface area contributed by atoms with Crippen molar-refractivity contribution >= 4 is 47.3 Å². The number of non-ortho nitro benzene ring substituents is 1. The molecule has 1 heterocycles. The highest BCUT2D eigenvalue weighted by Gasteiger charge is 2.25. The number of halogens is 1. The van der Waals surface area contributed by atoms with Gasteiger partial charge in [-0.1, -0.05) is 15.9 Å². The first-order valence-electron chi connectivity index (χ1n) is 10.00. The average molecular weight is 558 g/mol. The summed E-state index contributed by atoms with van der Waals surface area (Å²) in [5, 5.41) is 11.7. The molecule has 1 aromatic carbocycles. The average Bonchev–Trinajstić information content (AvgIpc) is 2.72. The SMILES string of the molecule is CS(=O)(=O)OCCN(CCBr)c1ccc([N+](=O)[O-])cc1S(=O)(=O)CCCN1CCOCC1. The number of anilines is 1. The van der Waals surface area contributed by atoms with E-state index in [0.717, 1.165) is 25.4 Å². The van der Waals surface area contributed by atoms with E-state index in [4.69, 9.17) is 8.92 Å². The molecule has 32 heavy (non-hydrogen) atoms. The summed E-state index contributed by atoms with van der Waals surface area (Å²) in [4.78, 5) is 14.2.